The van der Waals surface area contributed by atoms with Crippen LogP contribution in [0, 0.1) is 5.92 Å². The lowest BCUT2D eigenvalue weighted by Gasteiger charge is -2.38. The maximum atomic E-state index is 11.2. The number of amides is 1. The van der Waals surface area contributed by atoms with E-state index in [4.69, 9.17) is 11.5 Å². The number of carbonyl (C=O) groups is 1. The Labute approximate surface area is 112 Å². The second-order valence-corrected chi connectivity index (χ2v) is 5.85. The zero-order chi connectivity index (χ0) is 13.1. The fraction of sp³-hybridized carbons (Fsp3) is 0.615. The molecule has 1 fully saturated rings. The largest absolute Gasteiger partial charge is 0.369 e. The second-order valence-electron chi connectivity index (χ2n) is 5.07. The molecule has 0 saturated carbocycles. The van der Waals surface area contributed by atoms with Gasteiger partial charge in [-0.05, 0) is 55.2 Å². The lowest BCUT2D eigenvalue weighted by atomic mass is 9.92. The Morgan fingerprint density at radius 2 is 2.17 bits per heavy atom. The van der Waals surface area contributed by atoms with Crippen LogP contribution in [0.25, 0.3) is 0 Å². The standard InChI is InChI=1S/C13H21N3OS/c1-9(14)12(11-4-7-18-8-11)16-5-2-10(3-6-16)13(15)17/h4,7-10,12H,2-3,5-6,14H2,1H3,(H2,15,17). The third kappa shape index (κ3) is 2.91. The number of thiophene rings is 1. The highest BCUT2D eigenvalue weighted by molar-refractivity contribution is 7.07. The van der Waals surface area contributed by atoms with Crippen molar-refractivity contribution in [1.29, 1.82) is 0 Å². The summed E-state index contributed by atoms with van der Waals surface area (Å²) in [4.78, 5) is 13.6. The molecular weight excluding hydrogens is 246 g/mol. The number of hydrogen-bond donors (Lipinski definition) is 2. The molecule has 2 unspecified atom stereocenters. The predicted molar refractivity (Wildman–Crippen MR) is 74.2 cm³/mol. The Morgan fingerprint density at radius 1 is 1.50 bits per heavy atom. The minimum atomic E-state index is -0.164. The first kappa shape index (κ1) is 13.5. The number of rotatable bonds is 4. The van der Waals surface area contributed by atoms with Gasteiger partial charge in [-0.25, -0.2) is 0 Å². The minimum absolute atomic E-state index is 0.0393. The van der Waals surface area contributed by atoms with E-state index in [0.29, 0.717) is 0 Å². The van der Waals surface area contributed by atoms with Crippen LogP contribution in [0.4, 0.5) is 0 Å². The van der Waals surface area contributed by atoms with Crippen LogP contribution >= 0.6 is 11.3 Å². The predicted octanol–water partition coefficient (Wildman–Crippen LogP) is 1.33. The van der Waals surface area contributed by atoms with Crippen LogP contribution in [0.15, 0.2) is 16.8 Å². The Balaban J connectivity index is 2.04. The molecule has 0 spiro atoms. The molecule has 18 heavy (non-hydrogen) atoms. The second kappa shape index (κ2) is 5.82. The van der Waals surface area contributed by atoms with Crippen LogP contribution < -0.4 is 11.5 Å². The summed E-state index contributed by atoms with van der Waals surface area (Å²) >= 11 is 1.70. The van der Waals surface area contributed by atoms with Crippen molar-refractivity contribution in [2.45, 2.75) is 31.8 Å². The molecule has 0 radical (unpaired) electrons. The van der Waals surface area contributed by atoms with Crippen LogP contribution in [0.2, 0.25) is 0 Å². The Bertz CT molecular complexity index is 383. The molecule has 2 rings (SSSR count). The van der Waals surface area contributed by atoms with Gasteiger partial charge in [-0.1, -0.05) is 0 Å². The average Bonchev–Trinajstić information content (AvgIpc) is 2.83. The van der Waals surface area contributed by atoms with Crippen LogP contribution in [-0.2, 0) is 4.79 Å². The summed E-state index contributed by atoms with van der Waals surface area (Å²) in [6, 6.07) is 2.48. The fourth-order valence-electron chi connectivity index (χ4n) is 2.75. The van der Waals surface area contributed by atoms with Crippen molar-refractivity contribution in [3.05, 3.63) is 22.4 Å². The molecule has 4 N–H and O–H groups in total. The lowest BCUT2D eigenvalue weighted by molar-refractivity contribution is -0.123. The molecule has 1 aromatic heterocycles. The molecule has 0 aromatic carbocycles. The van der Waals surface area contributed by atoms with Gasteiger partial charge in [0, 0.05) is 12.0 Å². The van der Waals surface area contributed by atoms with E-state index in [1.54, 1.807) is 11.3 Å². The normalized spacial score (nSPS) is 21.7. The van der Waals surface area contributed by atoms with Gasteiger partial charge in [-0.2, -0.15) is 11.3 Å². The van der Waals surface area contributed by atoms with Gasteiger partial charge in [0.1, 0.15) is 0 Å². The van der Waals surface area contributed by atoms with E-state index in [-0.39, 0.29) is 23.9 Å². The van der Waals surface area contributed by atoms with Crippen molar-refractivity contribution in [2.75, 3.05) is 13.1 Å². The summed E-state index contributed by atoms with van der Waals surface area (Å²) in [6.45, 7) is 3.84. The van der Waals surface area contributed by atoms with E-state index in [1.807, 2.05) is 6.92 Å². The van der Waals surface area contributed by atoms with Crippen molar-refractivity contribution in [1.82, 2.24) is 4.90 Å². The van der Waals surface area contributed by atoms with E-state index >= 15 is 0 Å². The van der Waals surface area contributed by atoms with Crippen molar-refractivity contribution in [3.63, 3.8) is 0 Å². The van der Waals surface area contributed by atoms with Gasteiger partial charge in [0.05, 0.1) is 6.04 Å². The monoisotopic (exact) mass is 267 g/mol. The quantitative estimate of drug-likeness (QED) is 0.864. The molecule has 0 aliphatic carbocycles. The molecule has 1 aromatic rings. The van der Waals surface area contributed by atoms with Gasteiger partial charge in [0.15, 0.2) is 0 Å². The first-order valence-corrected chi connectivity index (χ1v) is 7.35. The molecule has 2 atom stereocenters. The van der Waals surface area contributed by atoms with Crippen LogP contribution in [-0.4, -0.2) is 29.9 Å². The van der Waals surface area contributed by atoms with E-state index in [2.05, 4.69) is 21.7 Å². The molecule has 4 nitrogen and oxygen atoms in total. The maximum absolute atomic E-state index is 11.2. The third-order valence-corrected chi connectivity index (χ3v) is 4.41. The van der Waals surface area contributed by atoms with E-state index in [1.165, 1.54) is 5.56 Å². The van der Waals surface area contributed by atoms with Crippen molar-refractivity contribution in [2.24, 2.45) is 17.4 Å². The SMILES string of the molecule is CC(N)C(c1ccsc1)N1CCC(C(N)=O)CC1. The van der Waals surface area contributed by atoms with Gasteiger partial charge in [-0.3, -0.25) is 9.69 Å². The molecule has 1 amide bonds. The molecule has 1 aliphatic heterocycles. The Hall–Kier alpha value is -0.910. The van der Waals surface area contributed by atoms with Crippen molar-refractivity contribution < 1.29 is 4.79 Å². The van der Waals surface area contributed by atoms with Gasteiger partial charge in [0.2, 0.25) is 5.91 Å². The highest BCUT2D eigenvalue weighted by atomic mass is 32.1. The van der Waals surface area contributed by atoms with E-state index in [9.17, 15) is 4.79 Å². The average molecular weight is 267 g/mol. The Morgan fingerprint density at radius 3 is 2.61 bits per heavy atom. The zero-order valence-corrected chi connectivity index (χ0v) is 11.5. The number of hydrogen-bond acceptors (Lipinski definition) is 4. The minimum Gasteiger partial charge on any atom is -0.369 e. The van der Waals surface area contributed by atoms with Crippen LogP contribution in [0.1, 0.15) is 31.4 Å². The fourth-order valence-corrected chi connectivity index (χ4v) is 3.44. The number of piperidine rings is 1. The number of primary amides is 1. The molecule has 5 heteroatoms. The smallest absolute Gasteiger partial charge is 0.220 e. The summed E-state index contributed by atoms with van der Waals surface area (Å²) < 4.78 is 0. The summed E-state index contributed by atoms with van der Waals surface area (Å²) in [5, 5.41) is 4.25. The van der Waals surface area contributed by atoms with Gasteiger partial charge in [0.25, 0.3) is 0 Å². The number of likely N-dealkylation sites (tertiary alicyclic amines) is 1. The molecule has 2 heterocycles. The third-order valence-electron chi connectivity index (χ3n) is 3.71. The summed E-state index contributed by atoms with van der Waals surface area (Å²) in [7, 11) is 0. The topological polar surface area (TPSA) is 72.3 Å². The molecule has 0 bridgehead atoms. The van der Waals surface area contributed by atoms with Crippen molar-refractivity contribution >= 4 is 17.2 Å². The van der Waals surface area contributed by atoms with Gasteiger partial charge >= 0.3 is 0 Å². The lowest BCUT2D eigenvalue weighted by Crippen LogP contribution is -2.45. The summed E-state index contributed by atoms with van der Waals surface area (Å²) in [5.74, 6) is -0.125. The van der Waals surface area contributed by atoms with Crippen molar-refractivity contribution in [3.8, 4) is 0 Å². The molecular formula is C13H21N3OS. The molecule has 100 valence electrons. The number of carbonyl (C=O) groups excluding carboxylic acids is 1. The maximum Gasteiger partial charge on any atom is 0.220 e. The van der Waals surface area contributed by atoms with Gasteiger partial charge < -0.3 is 11.5 Å². The zero-order valence-electron chi connectivity index (χ0n) is 10.7. The van der Waals surface area contributed by atoms with E-state index < -0.39 is 0 Å². The number of nitrogens with two attached hydrogens (primary N) is 2. The van der Waals surface area contributed by atoms with Crippen LogP contribution in [0.5, 0.6) is 0 Å². The molecule has 1 saturated heterocycles. The first-order valence-electron chi connectivity index (χ1n) is 6.40. The van der Waals surface area contributed by atoms with Crippen LogP contribution in [0.3, 0.4) is 0 Å². The Kier molecular flexibility index (Phi) is 4.37. The number of nitrogens with zero attached hydrogens (tertiary/aromatic N) is 1. The first-order chi connectivity index (χ1) is 8.59. The highest BCUT2D eigenvalue weighted by Gasteiger charge is 2.30. The highest BCUT2D eigenvalue weighted by Crippen LogP contribution is 2.29. The van der Waals surface area contributed by atoms with E-state index in [0.717, 1.165) is 25.9 Å². The van der Waals surface area contributed by atoms with Gasteiger partial charge in [-0.15, -0.1) is 0 Å². The summed E-state index contributed by atoms with van der Waals surface area (Å²) in [5.41, 5.74) is 12.8. The molecule has 1 aliphatic rings. The summed E-state index contributed by atoms with van der Waals surface area (Å²) in [6.07, 6.45) is 1.70.